The zero-order valence-electron chi connectivity index (χ0n) is 15.5. The Bertz CT molecular complexity index is 901. The summed E-state index contributed by atoms with van der Waals surface area (Å²) in [4.78, 5) is 20.6. The number of ether oxygens (including phenoxy) is 1. The van der Waals surface area contributed by atoms with E-state index in [1.165, 1.54) is 12.8 Å². The molecule has 3 aromatic heterocycles. The molecule has 1 saturated carbocycles. The standard InChI is InChI=1S/C20H22N4O4/c25-17(7-8-18-23-20(24-28-18)16-6-3-11-26-16)22-13-14-9-10-21-19(12-14)27-15-4-1-2-5-15/h3,6,9-12,15H,1-2,4-5,7-8,13H2,(H,22,25). The molecule has 1 N–H and O–H groups in total. The van der Waals surface area contributed by atoms with E-state index in [-0.39, 0.29) is 18.4 Å². The number of nitrogens with zero attached hydrogens (tertiary/aromatic N) is 3. The van der Waals surface area contributed by atoms with Crippen LogP contribution in [0.4, 0.5) is 0 Å². The van der Waals surface area contributed by atoms with E-state index in [2.05, 4.69) is 20.4 Å². The molecule has 3 aromatic rings. The number of rotatable bonds is 8. The van der Waals surface area contributed by atoms with E-state index in [0.29, 0.717) is 36.3 Å². The lowest BCUT2D eigenvalue weighted by Crippen LogP contribution is -2.23. The summed E-state index contributed by atoms with van der Waals surface area (Å²) in [6.45, 7) is 0.420. The van der Waals surface area contributed by atoms with Gasteiger partial charge in [0.1, 0.15) is 6.10 Å². The van der Waals surface area contributed by atoms with Crippen LogP contribution in [0.1, 0.15) is 43.6 Å². The van der Waals surface area contributed by atoms with Crippen molar-refractivity contribution in [1.29, 1.82) is 0 Å². The number of amides is 1. The molecule has 0 atom stereocenters. The molecule has 0 unspecified atom stereocenters. The molecule has 0 bridgehead atoms. The molecule has 3 heterocycles. The Kier molecular flexibility index (Phi) is 5.65. The number of aromatic nitrogens is 3. The summed E-state index contributed by atoms with van der Waals surface area (Å²) in [7, 11) is 0. The first-order valence-corrected chi connectivity index (χ1v) is 9.51. The molecule has 1 aliphatic carbocycles. The minimum absolute atomic E-state index is 0.0900. The van der Waals surface area contributed by atoms with Crippen molar-refractivity contribution in [3.05, 3.63) is 48.2 Å². The number of aryl methyl sites for hydroxylation is 1. The maximum absolute atomic E-state index is 12.1. The highest BCUT2D eigenvalue weighted by molar-refractivity contribution is 5.76. The van der Waals surface area contributed by atoms with Crippen molar-refractivity contribution in [2.75, 3.05) is 0 Å². The van der Waals surface area contributed by atoms with Gasteiger partial charge in [-0.3, -0.25) is 4.79 Å². The van der Waals surface area contributed by atoms with E-state index in [0.717, 1.165) is 18.4 Å². The van der Waals surface area contributed by atoms with Gasteiger partial charge in [-0.25, -0.2) is 4.98 Å². The molecule has 0 saturated heterocycles. The van der Waals surface area contributed by atoms with Crippen molar-refractivity contribution in [1.82, 2.24) is 20.4 Å². The molecule has 1 fully saturated rings. The summed E-state index contributed by atoms with van der Waals surface area (Å²) in [5.74, 6) is 1.85. The average Bonchev–Trinajstić information content (AvgIpc) is 3.47. The van der Waals surface area contributed by atoms with Crippen molar-refractivity contribution in [3.8, 4) is 17.5 Å². The largest absolute Gasteiger partial charge is 0.474 e. The van der Waals surface area contributed by atoms with E-state index in [1.807, 2.05) is 12.1 Å². The second-order valence-corrected chi connectivity index (χ2v) is 6.79. The highest BCUT2D eigenvalue weighted by atomic mass is 16.5. The van der Waals surface area contributed by atoms with E-state index in [9.17, 15) is 4.79 Å². The first-order valence-electron chi connectivity index (χ1n) is 9.51. The number of carbonyl (C=O) groups excluding carboxylic acids is 1. The Labute approximate surface area is 162 Å². The number of hydrogen-bond acceptors (Lipinski definition) is 7. The highest BCUT2D eigenvalue weighted by Gasteiger charge is 2.17. The minimum atomic E-state index is -0.0900. The normalized spacial score (nSPS) is 14.3. The predicted molar refractivity (Wildman–Crippen MR) is 99.3 cm³/mol. The first-order chi connectivity index (χ1) is 13.8. The van der Waals surface area contributed by atoms with E-state index in [4.69, 9.17) is 13.7 Å². The Morgan fingerprint density at radius 3 is 3.00 bits per heavy atom. The lowest BCUT2D eigenvalue weighted by molar-refractivity contribution is -0.121. The Morgan fingerprint density at radius 1 is 1.29 bits per heavy atom. The summed E-state index contributed by atoms with van der Waals surface area (Å²) < 4.78 is 16.3. The van der Waals surface area contributed by atoms with Crippen LogP contribution in [0.5, 0.6) is 5.88 Å². The molecule has 0 spiro atoms. The van der Waals surface area contributed by atoms with Crippen molar-refractivity contribution in [2.45, 2.75) is 51.2 Å². The number of nitrogens with one attached hydrogen (secondary N) is 1. The maximum Gasteiger partial charge on any atom is 0.238 e. The molecule has 0 radical (unpaired) electrons. The van der Waals surface area contributed by atoms with Gasteiger partial charge in [-0.2, -0.15) is 4.98 Å². The summed E-state index contributed by atoms with van der Waals surface area (Å²) in [6, 6.07) is 7.25. The Hall–Kier alpha value is -3.16. The summed E-state index contributed by atoms with van der Waals surface area (Å²) in [5.41, 5.74) is 0.953. The van der Waals surface area contributed by atoms with Crippen LogP contribution < -0.4 is 10.1 Å². The lowest BCUT2D eigenvalue weighted by Gasteiger charge is -2.12. The van der Waals surface area contributed by atoms with Gasteiger partial charge < -0.3 is 19.0 Å². The van der Waals surface area contributed by atoms with Gasteiger partial charge in [-0.15, -0.1) is 0 Å². The topological polar surface area (TPSA) is 103 Å². The fourth-order valence-electron chi connectivity index (χ4n) is 3.17. The molecule has 1 aliphatic rings. The van der Waals surface area contributed by atoms with Crippen molar-refractivity contribution < 1.29 is 18.5 Å². The van der Waals surface area contributed by atoms with Crippen LogP contribution in [0.3, 0.4) is 0 Å². The van der Waals surface area contributed by atoms with Gasteiger partial charge in [0.05, 0.1) is 6.26 Å². The monoisotopic (exact) mass is 382 g/mol. The minimum Gasteiger partial charge on any atom is -0.474 e. The van der Waals surface area contributed by atoms with Crippen molar-refractivity contribution in [2.24, 2.45) is 0 Å². The fraction of sp³-hybridized carbons (Fsp3) is 0.400. The number of furan rings is 1. The molecule has 0 aromatic carbocycles. The van der Waals surface area contributed by atoms with Crippen LogP contribution in [-0.2, 0) is 17.8 Å². The fourth-order valence-corrected chi connectivity index (χ4v) is 3.17. The van der Waals surface area contributed by atoms with Crippen molar-refractivity contribution in [3.63, 3.8) is 0 Å². The van der Waals surface area contributed by atoms with Gasteiger partial charge in [0.2, 0.25) is 23.5 Å². The third-order valence-corrected chi connectivity index (χ3v) is 4.65. The molecule has 8 heteroatoms. The number of hydrogen-bond donors (Lipinski definition) is 1. The second-order valence-electron chi connectivity index (χ2n) is 6.79. The molecule has 4 rings (SSSR count). The van der Waals surface area contributed by atoms with E-state index in [1.54, 1.807) is 24.6 Å². The Morgan fingerprint density at radius 2 is 2.18 bits per heavy atom. The van der Waals surface area contributed by atoms with Crippen LogP contribution >= 0.6 is 0 Å². The van der Waals surface area contributed by atoms with Gasteiger partial charge >= 0.3 is 0 Å². The summed E-state index contributed by atoms with van der Waals surface area (Å²) in [5, 5.41) is 6.74. The molecular formula is C20H22N4O4. The summed E-state index contributed by atoms with van der Waals surface area (Å²) in [6.07, 6.45) is 8.73. The zero-order valence-corrected chi connectivity index (χ0v) is 15.5. The Balaban J connectivity index is 1.23. The molecule has 1 amide bonds. The highest BCUT2D eigenvalue weighted by Crippen LogP contribution is 2.23. The van der Waals surface area contributed by atoms with Crippen LogP contribution in [-0.4, -0.2) is 27.1 Å². The van der Waals surface area contributed by atoms with Crippen LogP contribution in [0.25, 0.3) is 11.6 Å². The number of pyridine rings is 1. The van der Waals surface area contributed by atoms with E-state index < -0.39 is 0 Å². The quantitative estimate of drug-likeness (QED) is 0.637. The van der Waals surface area contributed by atoms with Crippen LogP contribution in [0, 0.1) is 0 Å². The predicted octanol–water partition coefficient (Wildman–Crippen LogP) is 3.30. The van der Waals surface area contributed by atoms with Gasteiger partial charge in [-0.1, -0.05) is 5.16 Å². The van der Waals surface area contributed by atoms with Crippen LogP contribution in [0.15, 0.2) is 45.7 Å². The average molecular weight is 382 g/mol. The number of carbonyl (C=O) groups is 1. The molecule has 8 nitrogen and oxygen atoms in total. The third kappa shape index (κ3) is 4.76. The first kappa shape index (κ1) is 18.2. The SMILES string of the molecule is O=C(CCc1nc(-c2ccco2)no1)NCc1ccnc(OC2CCCC2)c1. The molecular weight excluding hydrogens is 360 g/mol. The zero-order chi connectivity index (χ0) is 19.2. The molecule has 28 heavy (non-hydrogen) atoms. The van der Waals surface area contributed by atoms with Gasteiger partial charge in [0.25, 0.3) is 0 Å². The van der Waals surface area contributed by atoms with Crippen LogP contribution in [0.2, 0.25) is 0 Å². The van der Waals surface area contributed by atoms with Gasteiger partial charge in [0.15, 0.2) is 5.76 Å². The van der Waals surface area contributed by atoms with Gasteiger partial charge in [-0.05, 0) is 49.4 Å². The van der Waals surface area contributed by atoms with E-state index >= 15 is 0 Å². The summed E-state index contributed by atoms with van der Waals surface area (Å²) >= 11 is 0. The van der Waals surface area contributed by atoms with Gasteiger partial charge in [0, 0.05) is 31.6 Å². The molecule has 0 aliphatic heterocycles. The lowest BCUT2D eigenvalue weighted by atomic mass is 10.2. The maximum atomic E-state index is 12.1. The third-order valence-electron chi connectivity index (χ3n) is 4.65. The molecule has 146 valence electrons. The van der Waals surface area contributed by atoms with Crippen molar-refractivity contribution >= 4 is 5.91 Å². The second kappa shape index (κ2) is 8.69. The smallest absolute Gasteiger partial charge is 0.238 e.